The van der Waals surface area contributed by atoms with E-state index in [4.69, 9.17) is 4.74 Å². The molecule has 1 N–H and O–H groups in total. The first-order valence-corrected chi connectivity index (χ1v) is 7.36. The number of para-hydroxylation sites is 1. The van der Waals surface area contributed by atoms with Crippen LogP contribution in [0.5, 0.6) is 11.5 Å². The van der Waals surface area contributed by atoms with E-state index in [2.05, 4.69) is 36.1 Å². The third kappa shape index (κ3) is 2.82. The molecule has 0 bridgehead atoms. The van der Waals surface area contributed by atoms with Crippen molar-refractivity contribution in [2.24, 2.45) is 5.92 Å². The van der Waals surface area contributed by atoms with Gasteiger partial charge in [-0.15, -0.1) is 0 Å². The maximum absolute atomic E-state index is 9.70. The average molecular weight is 283 g/mol. The van der Waals surface area contributed by atoms with Crippen LogP contribution in [0.2, 0.25) is 0 Å². The van der Waals surface area contributed by atoms with Gasteiger partial charge in [-0.1, -0.05) is 31.2 Å². The summed E-state index contributed by atoms with van der Waals surface area (Å²) in [7, 11) is 1.58. The molecule has 1 aliphatic heterocycles. The number of phenols is 1. The number of ether oxygens (including phenoxy) is 1. The molecule has 0 aromatic heterocycles. The highest BCUT2D eigenvalue weighted by atomic mass is 16.5. The second kappa shape index (κ2) is 5.68. The zero-order chi connectivity index (χ0) is 14.8. The van der Waals surface area contributed by atoms with Gasteiger partial charge in [-0.25, -0.2) is 0 Å². The molecule has 1 unspecified atom stereocenters. The second-order valence-electron chi connectivity index (χ2n) is 5.82. The van der Waals surface area contributed by atoms with Gasteiger partial charge in [0.25, 0.3) is 0 Å². The van der Waals surface area contributed by atoms with E-state index >= 15 is 0 Å². The highest BCUT2D eigenvalue weighted by molar-refractivity contribution is 5.56. The van der Waals surface area contributed by atoms with Crippen LogP contribution < -0.4 is 9.64 Å². The molecule has 1 atom stereocenters. The van der Waals surface area contributed by atoms with E-state index in [0.29, 0.717) is 11.7 Å². The summed E-state index contributed by atoms with van der Waals surface area (Å²) in [6.07, 6.45) is 1.14. The fourth-order valence-corrected chi connectivity index (χ4v) is 3.10. The predicted octanol–water partition coefficient (Wildman–Crippen LogP) is 3.60. The summed E-state index contributed by atoms with van der Waals surface area (Å²) in [5.74, 6) is 1.37. The summed E-state index contributed by atoms with van der Waals surface area (Å²) < 4.78 is 5.20. The molecule has 0 fully saturated rings. The normalized spacial score (nSPS) is 17.4. The minimum atomic E-state index is 0.189. The van der Waals surface area contributed by atoms with Gasteiger partial charge in [0.1, 0.15) is 0 Å². The molecule has 21 heavy (non-hydrogen) atoms. The quantitative estimate of drug-likeness (QED) is 0.934. The van der Waals surface area contributed by atoms with Crippen LogP contribution in [-0.2, 0) is 13.0 Å². The molecule has 0 spiro atoms. The summed E-state index contributed by atoms with van der Waals surface area (Å²) >= 11 is 0. The molecule has 0 aliphatic carbocycles. The molecule has 0 radical (unpaired) electrons. The molecule has 0 saturated carbocycles. The van der Waals surface area contributed by atoms with Crippen molar-refractivity contribution in [3.63, 3.8) is 0 Å². The van der Waals surface area contributed by atoms with E-state index in [9.17, 15) is 5.11 Å². The van der Waals surface area contributed by atoms with Crippen LogP contribution in [0.3, 0.4) is 0 Å². The Morgan fingerprint density at radius 1 is 1.24 bits per heavy atom. The number of nitrogens with zero attached hydrogens (tertiary/aromatic N) is 1. The molecule has 2 aromatic carbocycles. The van der Waals surface area contributed by atoms with Crippen LogP contribution in [0.25, 0.3) is 0 Å². The molecular formula is C18H21NO2. The zero-order valence-electron chi connectivity index (χ0n) is 12.5. The van der Waals surface area contributed by atoms with Crippen molar-refractivity contribution in [2.45, 2.75) is 19.9 Å². The lowest BCUT2D eigenvalue weighted by atomic mass is 9.93. The molecule has 3 heteroatoms. The van der Waals surface area contributed by atoms with Crippen molar-refractivity contribution >= 4 is 5.69 Å². The Balaban J connectivity index is 1.88. The number of methoxy groups -OCH3 is 1. The molecule has 110 valence electrons. The molecule has 2 aromatic rings. The van der Waals surface area contributed by atoms with Crippen LogP contribution in [0.4, 0.5) is 5.69 Å². The van der Waals surface area contributed by atoms with Crippen molar-refractivity contribution < 1.29 is 9.84 Å². The first kappa shape index (κ1) is 13.8. The smallest absolute Gasteiger partial charge is 0.160 e. The third-order valence-electron chi connectivity index (χ3n) is 4.05. The number of rotatable bonds is 3. The van der Waals surface area contributed by atoms with Crippen molar-refractivity contribution in [3.05, 3.63) is 53.6 Å². The Labute approximate surface area is 125 Å². The van der Waals surface area contributed by atoms with Crippen LogP contribution in [-0.4, -0.2) is 18.8 Å². The summed E-state index contributed by atoms with van der Waals surface area (Å²) in [5.41, 5.74) is 3.89. The number of benzene rings is 2. The molecule has 0 amide bonds. The maximum Gasteiger partial charge on any atom is 0.160 e. The van der Waals surface area contributed by atoms with Crippen molar-refractivity contribution in [2.75, 3.05) is 18.6 Å². The summed E-state index contributed by atoms with van der Waals surface area (Å²) in [6, 6.07) is 14.2. The topological polar surface area (TPSA) is 32.7 Å². The predicted molar refractivity (Wildman–Crippen MR) is 85.0 cm³/mol. The fraction of sp³-hybridized carbons (Fsp3) is 0.333. The summed E-state index contributed by atoms with van der Waals surface area (Å²) in [6.45, 7) is 4.18. The lowest BCUT2D eigenvalue weighted by Gasteiger charge is -2.35. The van der Waals surface area contributed by atoms with E-state index in [1.165, 1.54) is 11.3 Å². The highest BCUT2D eigenvalue weighted by Gasteiger charge is 2.21. The fourth-order valence-electron chi connectivity index (χ4n) is 3.10. The summed E-state index contributed by atoms with van der Waals surface area (Å²) in [5, 5.41) is 9.70. The second-order valence-corrected chi connectivity index (χ2v) is 5.82. The van der Waals surface area contributed by atoms with Gasteiger partial charge in [-0.3, -0.25) is 0 Å². The largest absolute Gasteiger partial charge is 0.504 e. The monoisotopic (exact) mass is 283 g/mol. The van der Waals surface area contributed by atoms with Crippen molar-refractivity contribution in [1.29, 1.82) is 0 Å². The molecule has 3 nitrogen and oxygen atoms in total. The van der Waals surface area contributed by atoms with E-state index in [-0.39, 0.29) is 5.75 Å². The molecule has 1 aliphatic rings. The van der Waals surface area contributed by atoms with Gasteiger partial charge < -0.3 is 14.7 Å². The minimum Gasteiger partial charge on any atom is -0.504 e. The van der Waals surface area contributed by atoms with Crippen molar-refractivity contribution in [1.82, 2.24) is 0 Å². The zero-order valence-corrected chi connectivity index (χ0v) is 12.5. The Kier molecular flexibility index (Phi) is 3.74. The standard InChI is InChI=1S/C18H21NO2/c1-13-9-15-5-3-4-6-16(15)19(11-13)12-14-7-8-17(20)18(10-14)21-2/h3-8,10,13,20H,9,11-12H2,1-2H3. The SMILES string of the molecule is COc1cc(CN2CC(C)Cc3ccccc32)ccc1O. The Bertz CT molecular complexity index is 639. The number of phenolic OH excluding ortho intramolecular Hbond substituents is 1. The van der Waals surface area contributed by atoms with Gasteiger partial charge in [-0.2, -0.15) is 0 Å². The van der Waals surface area contributed by atoms with E-state index in [1.807, 2.05) is 12.1 Å². The number of aromatic hydroxyl groups is 1. The van der Waals surface area contributed by atoms with Gasteiger partial charge in [0.2, 0.25) is 0 Å². The Morgan fingerprint density at radius 2 is 2.05 bits per heavy atom. The molecule has 1 heterocycles. The number of hydrogen-bond acceptors (Lipinski definition) is 3. The van der Waals surface area contributed by atoms with Crippen molar-refractivity contribution in [3.8, 4) is 11.5 Å². The van der Waals surface area contributed by atoms with E-state index in [1.54, 1.807) is 13.2 Å². The Morgan fingerprint density at radius 3 is 2.86 bits per heavy atom. The average Bonchev–Trinajstić information content (AvgIpc) is 2.49. The number of anilines is 1. The van der Waals surface area contributed by atoms with Gasteiger partial charge in [0.05, 0.1) is 7.11 Å². The van der Waals surface area contributed by atoms with Gasteiger partial charge >= 0.3 is 0 Å². The molecule has 0 saturated heterocycles. The van der Waals surface area contributed by atoms with Gasteiger partial charge in [0, 0.05) is 18.8 Å². The maximum atomic E-state index is 9.70. The molecule has 3 rings (SSSR count). The first-order valence-electron chi connectivity index (χ1n) is 7.36. The van der Waals surface area contributed by atoms with Crippen LogP contribution in [0.15, 0.2) is 42.5 Å². The third-order valence-corrected chi connectivity index (χ3v) is 4.05. The lowest BCUT2D eigenvalue weighted by molar-refractivity contribution is 0.373. The molecular weight excluding hydrogens is 262 g/mol. The van der Waals surface area contributed by atoms with E-state index in [0.717, 1.165) is 25.1 Å². The van der Waals surface area contributed by atoms with Crippen LogP contribution in [0.1, 0.15) is 18.1 Å². The van der Waals surface area contributed by atoms with Crippen LogP contribution >= 0.6 is 0 Å². The van der Waals surface area contributed by atoms with Gasteiger partial charge in [-0.05, 0) is 41.7 Å². The first-order chi connectivity index (χ1) is 10.2. The minimum absolute atomic E-state index is 0.189. The lowest BCUT2D eigenvalue weighted by Crippen LogP contribution is -2.33. The van der Waals surface area contributed by atoms with E-state index < -0.39 is 0 Å². The highest BCUT2D eigenvalue weighted by Crippen LogP contribution is 2.32. The number of fused-ring (bicyclic) bond motifs is 1. The summed E-state index contributed by atoms with van der Waals surface area (Å²) in [4.78, 5) is 2.41. The van der Waals surface area contributed by atoms with Crippen LogP contribution in [0, 0.1) is 5.92 Å². The Hall–Kier alpha value is -2.16. The number of hydrogen-bond donors (Lipinski definition) is 1. The van der Waals surface area contributed by atoms with Gasteiger partial charge in [0.15, 0.2) is 11.5 Å².